The van der Waals surface area contributed by atoms with Crippen LogP contribution in [0.2, 0.25) is 0 Å². The highest BCUT2D eigenvalue weighted by Crippen LogP contribution is 2.34. The van der Waals surface area contributed by atoms with Gasteiger partial charge < -0.3 is 0 Å². The number of halogens is 1. The molecular formula is C14H21ClN2O2S2. The Morgan fingerprint density at radius 3 is 2.71 bits per heavy atom. The van der Waals surface area contributed by atoms with Crippen molar-refractivity contribution in [3.63, 3.8) is 0 Å². The van der Waals surface area contributed by atoms with Crippen LogP contribution in [0.3, 0.4) is 0 Å². The number of alkyl halides is 1. The quantitative estimate of drug-likeness (QED) is 0.788. The topological polar surface area (TPSA) is 40.6 Å². The van der Waals surface area contributed by atoms with Gasteiger partial charge in [-0.3, -0.25) is 4.90 Å². The number of thiophene rings is 1. The Morgan fingerprint density at radius 2 is 2.05 bits per heavy atom. The van der Waals surface area contributed by atoms with E-state index >= 15 is 0 Å². The van der Waals surface area contributed by atoms with Crippen molar-refractivity contribution in [3.05, 3.63) is 16.5 Å². The number of rotatable bonds is 3. The second-order valence-corrected chi connectivity index (χ2v) is 9.58. The molecular weight excluding hydrogens is 328 g/mol. The largest absolute Gasteiger partial charge is 0.299 e. The van der Waals surface area contributed by atoms with E-state index in [0.717, 1.165) is 23.3 Å². The van der Waals surface area contributed by atoms with Crippen molar-refractivity contribution in [1.29, 1.82) is 0 Å². The Hall–Kier alpha value is -0.140. The van der Waals surface area contributed by atoms with E-state index in [9.17, 15) is 8.42 Å². The molecule has 118 valence electrons. The van der Waals surface area contributed by atoms with Crippen LogP contribution < -0.4 is 0 Å². The van der Waals surface area contributed by atoms with E-state index in [4.69, 9.17) is 11.6 Å². The maximum absolute atomic E-state index is 12.9. The summed E-state index contributed by atoms with van der Waals surface area (Å²) in [7, 11) is -1.25. The van der Waals surface area contributed by atoms with Gasteiger partial charge in [0.25, 0.3) is 10.0 Å². The second-order valence-electron chi connectivity index (χ2n) is 6.01. The van der Waals surface area contributed by atoms with Gasteiger partial charge >= 0.3 is 0 Å². The molecule has 2 bridgehead atoms. The minimum atomic E-state index is -3.38. The van der Waals surface area contributed by atoms with Crippen LogP contribution in [-0.4, -0.2) is 49.8 Å². The lowest BCUT2D eigenvalue weighted by Gasteiger charge is -2.24. The highest BCUT2D eigenvalue weighted by atomic mass is 35.5. The molecule has 0 aromatic carbocycles. The molecule has 0 amide bonds. The van der Waals surface area contributed by atoms with Crippen molar-refractivity contribution in [2.75, 3.05) is 20.1 Å². The first-order valence-corrected chi connectivity index (χ1v) is 10.1. The third kappa shape index (κ3) is 2.77. The van der Waals surface area contributed by atoms with E-state index in [1.165, 1.54) is 17.8 Å². The van der Waals surface area contributed by atoms with Crippen LogP contribution in [0, 0.1) is 6.92 Å². The smallest absolute Gasteiger partial charge is 0.252 e. The summed E-state index contributed by atoms with van der Waals surface area (Å²) in [6.45, 7) is 3.16. The molecule has 2 atom stereocenters. The van der Waals surface area contributed by atoms with Crippen molar-refractivity contribution in [2.45, 2.75) is 48.4 Å². The lowest BCUT2D eigenvalue weighted by Crippen LogP contribution is -2.39. The molecule has 0 N–H and O–H groups in total. The summed E-state index contributed by atoms with van der Waals surface area (Å²) < 4.78 is 27.9. The third-order valence-electron chi connectivity index (χ3n) is 4.82. The van der Waals surface area contributed by atoms with Gasteiger partial charge in [0.1, 0.15) is 4.21 Å². The molecule has 1 aromatic heterocycles. The molecule has 3 heterocycles. The van der Waals surface area contributed by atoms with E-state index in [1.54, 1.807) is 10.4 Å². The lowest BCUT2D eigenvalue weighted by molar-refractivity contribution is 0.247. The van der Waals surface area contributed by atoms with Crippen LogP contribution in [0.4, 0.5) is 0 Å². The van der Waals surface area contributed by atoms with Gasteiger partial charge in [0, 0.05) is 30.1 Å². The van der Waals surface area contributed by atoms with Gasteiger partial charge in [0.15, 0.2) is 0 Å². The summed E-state index contributed by atoms with van der Waals surface area (Å²) in [4.78, 5) is 3.31. The number of hydrogen-bond acceptors (Lipinski definition) is 4. The summed E-state index contributed by atoms with van der Waals surface area (Å²) in [5.41, 5.74) is 0.974. The van der Waals surface area contributed by atoms with Crippen molar-refractivity contribution in [1.82, 2.24) is 9.21 Å². The minimum absolute atomic E-state index is 0.362. The first-order chi connectivity index (χ1) is 9.93. The van der Waals surface area contributed by atoms with Crippen LogP contribution in [0.5, 0.6) is 0 Å². The fraction of sp³-hybridized carbons (Fsp3) is 0.714. The number of nitrogens with zero attached hydrogens (tertiary/aromatic N) is 2. The molecule has 2 aliphatic heterocycles. The molecule has 2 aliphatic rings. The molecule has 0 radical (unpaired) electrons. The predicted octanol–water partition coefficient (Wildman–Crippen LogP) is 2.65. The van der Waals surface area contributed by atoms with Gasteiger partial charge in [-0.05, 0) is 44.9 Å². The average Bonchev–Trinajstić information content (AvgIpc) is 2.90. The molecule has 4 nitrogen and oxygen atoms in total. The van der Waals surface area contributed by atoms with Crippen LogP contribution in [0.25, 0.3) is 0 Å². The zero-order chi connectivity index (χ0) is 15.2. The monoisotopic (exact) mass is 348 g/mol. The molecule has 0 spiro atoms. The van der Waals surface area contributed by atoms with E-state index in [-0.39, 0.29) is 0 Å². The number of hydrogen-bond donors (Lipinski definition) is 0. The normalized spacial score (nSPS) is 28.0. The number of sulfonamides is 1. The van der Waals surface area contributed by atoms with Gasteiger partial charge in [-0.1, -0.05) is 0 Å². The standard InChI is InChI=1S/C14H21ClN2O2S2/c1-10-7-14(20-13(10)8-15)21(18,19)17-6-5-11-3-4-12(9-17)16(11)2/h7,11-12H,3-6,8-9H2,1-2H3. The SMILES string of the molecule is Cc1cc(S(=O)(=O)N2CCC3CCC(C2)N3C)sc1CCl. The molecule has 2 saturated heterocycles. The van der Waals surface area contributed by atoms with Crippen LogP contribution in [0.15, 0.2) is 10.3 Å². The highest BCUT2D eigenvalue weighted by Gasteiger charge is 2.39. The Morgan fingerprint density at radius 1 is 1.33 bits per heavy atom. The molecule has 1 aromatic rings. The zero-order valence-corrected chi connectivity index (χ0v) is 14.8. The average molecular weight is 349 g/mol. The molecule has 21 heavy (non-hydrogen) atoms. The van der Waals surface area contributed by atoms with Crippen LogP contribution in [0.1, 0.15) is 29.7 Å². The Kier molecular flexibility index (Phi) is 4.36. The summed E-state index contributed by atoms with van der Waals surface area (Å²) in [5, 5.41) is 0. The second kappa shape index (κ2) is 5.81. The number of fused-ring (bicyclic) bond motifs is 2. The summed E-state index contributed by atoms with van der Waals surface area (Å²) in [6.07, 6.45) is 3.23. The van der Waals surface area contributed by atoms with Gasteiger partial charge in [-0.2, -0.15) is 4.31 Å². The Balaban J connectivity index is 1.87. The van der Waals surface area contributed by atoms with Crippen molar-refractivity contribution in [2.24, 2.45) is 0 Å². The number of likely N-dealkylation sites (N-methyl/N-ethyl adjacent to an activating group) is 1. The van der Waals surface area contributed by atoms with Gasteiger partial charge in [0.05, 0.1) is 5.88 Å². The predicted molar refractivity (Wildman–Crippen MR) is 86.6 cm³/mol. The van der Waals surface area contributed by atoms with Gasteiger partial charge in [0.2, 0.25) is 0 Å². The van der Waals surface area contributed by atoms with Gasteiger partial charge in [-0.15, -0.1) is 22.9 Å². The van der Waals surface area contributed by atoms with Crippen molar-refractivity contribution < 1.29 is 8.42 Å². The first kappa shape index (κ1) is 15.7. The van der Waals surface area contributed by atoms with Gasteiger partial charge in [-0.25, -0.2) is 8.42 Å². The van der Waals surface area contributed by atoms with Crippen LogP contribution >= 0.6 is 22.9 Å². The summed E-state index contributed by atoms with van der Waals surface area (Å²) in [5.74, 6) is 0.374. The summed E-state index contributed by atoms with van der Waals surface area (Å²) >= 11 is 7.19. The highest BCUT2D eigenvalue weighted by molar-refractivity contribution is 7.91. The fourth-order valence-corrected chi connectivity index (χ4v) is 6.83. The number of aryl methyl sites for hydroxylation is 1. The fourth-order valence-electron chi connectivity index (χ4n) is 3.37. The van der Waals surface area contributed by atoms with Crippen molar-refractivity contribution in [3.8, 4) is 0 Å². The molecule has 0 saturated carbocycles. The maximum Gasteiger partial charge on any atom is 0.252 e. The van der Waals surface area contributed by atoms with E-state index < -0.39 is 10.0 Å². The van der Waals surface area contributed by atoms with E-state index in [2.05, 4.69) is 11.9 Å². The molecule has 2 fully saturated rings. The Bertz CT molecular complexity index is 629. The first-order valence-electron chi connectivity index (χ1n) is 7.31. The van der Waals surface area contributed by atoms with Crippen LogP contribution in [-0.2, 0) is 15.9 Å². The lowest BCUT2D eigenvalue weighted by atomic mass is 10.1. The maximum atomic E-state index is 12.9. The van der Waals surface area contributed by atoms with Crippen molar-refractivity contribution >= 4 is 33.0 Å². The van der Waals surface area contributed by atoms with E-state index in [1.807, 2.05) is 6.92 Å². The van der Waals surface area contributed by atoms with E-state index in [0.29, 0.717) is 35.3 Å². The Labute approximate surface area is 135 Å². The molecule has 7 heteroatoms. The zero-order valence-electron chi connectivity index (χ0n) is 12.4. The summed E-state index contributed by atoms with van der Waals surface area (Å²) in [6, 6.07) is 2.67. The molecule has 0 aliphatic carbocycles. The minimum Gasteiger partial charge on any atom is -0.299 e. The third-order valence-corrected chi connectivity index (χ3v) is 8.80. The molecule has 3 rings (SSSR count). The molecule has 2 unspecified atom stereocenters.